The van der Waals surface area contributed by atoms with Crippen LogP contribution < -0.4 is 15.8 Å². The normalized spacial score (nSPS) is 21.8. The minimum Gasteiger partial charge on any atom is -0.493 e. The second kappa shape index (κ2) is 9.78. The highest BCUT2D eigenvalue weighted by atomic mass is 35.5. The summed E-state index contributed by atoms with van der Waals surface area (Å²) in [5.74, 6) is 0.785. The lowest BCUT2D eigenvalue weighted by Crippen LogP contribution is -2.51. The topological polar surface area (TPSA) is 84.7 Å². The van der Waals surface area contributed by atoms with E-state index in [0.717, 1.165) is 37.1 Å². The van der Waals surface area contributed by atoms with Crippen molar-refractivity contribution in [1.82, 2.24) is 10.2 Å². The number of nitrogens with two attached hydrogens (primary N) is 1. The molecule has 0 saturated carbocycles. The van der Waals surface area contributed by atoms with E-state index in [1.807, 2.05) is 29.2 Å². The molecule has 2 atom stereocenters. The van der Waals surface area contributed by atoms with Crippen LogP contribution >= 0.6 is 12.4 Å². The fourth-order valence-electron chi connectivity index (χ4n) is 3.75. The van der Waals surface area contributed by atoms with Gasteiger partial charge in [0, 0.05) is 37.7 Å². The van der Waals surface area contributed by atoms with Crippen LogP contribution in [0.25, 0.3) is 0 Å². The number of amides is 2. The highest BCUT2D eigenvalue weighted by Gasteiger charge is 2.35. The summed E-state index contributed by atoms with van der Waals surface area (Å²) in [4.78, 5) is 26.9. The van der Waals surface area contributed by atoms with E-state index in [0.29, 0.717) is 32.5 Å². The number of carbonyl (C=O) groups excluding carboxylic acids is 2. The van der Waals surface area contributed by atoms with Gasteiger partial charge in [0.1, 0.15) is 5.75 Å². The Morgan fingerprint density at radius 3 is 2.85 bits per heavy atom. The van der Waals surface area contributed by atoms with Crippen molar-refractivity contribution in [1.29, 1.82) is 0 Å². The summed E-state index contributed by atoms with van der Waals surface area (Å²) < 4.78 is 5.68. The van der Waals surface area contributed by atoms with Gasteiger partial charge in [-0.2, -0.15) is 0 Å². The maximum atomic E-state index is 13.2. The highest BCUT2D eigenvalue weighted by molar-refractivity contribution is 5.86. The lowest BCUT2D eigenvalue weighted by molar-refractivity contribution is -0.137. The van der Waals surface area contributed by atoms with Crippen LogP contribution in [0.1, 0.15) is 43.6 Å². The molecule has 0 bridgehead atoms. The van der Waals surface area contributed by atoms with Crippen molar-refractivity contribution >= 4 is 24.2 Å². The van der Waals surface area contributed by atoms with E-state index in [1.165, 1.54) is 0 Å². The zero-order valence-corrected chi connectivity index (χ0v) is 15.8. The highest BCUT2D eigenvalue weighted by Crippen LogP contribution is 2.35. The molecule has 1 aromatic carbocycles. The lowest BCUT2D eigenvalue weighted by atomic mass is 9.90. The summed E-state index contributed by atoms with van der Waals surface area (Å²) in [6.45, 7) is 2.18. The van der Waals surface area contributed by atoms with E-state index in [2.05, 4.69) is 5.32 Å². The van der Waals surface area contributed by atoms with Gasteiger partial charge in [0.25, 0.3) is 0 Å². The van der Waals surface area contributed by atoms with Gasteiger partial charge >= 0.3 is 0 Å². The lowest BCUT2D eigenvalue weighted by Gasteiger charge is -2.39. The summed E-state index contributed by atoms with van der Waals surface area (Å²) in [5, 5.41) is 2.92. The molecule has 2 unspecified atom stereocenters. The number of nitrogens with one attached hydrogen (secondary N) is 1. The smallest absolute Gasteiger partial charge is 0.230 e. The molecule has 1 aromatic rings. The molecule has 3 rings (SSSR count). The van der Waals surface area contributed by atoms with E-state index in [1.54, 1.807) is 0 Å². The monoisotopic (exact) mass is 381 g/mol. The second-order valence-electron chi connectivity index (χ2n) is 6.75. The average Bonchev–Trinajstić information content (AvgIpc) is 2.66. The molecule has 7 heteroatoms. The molecule has 26 heavy (non-hydrogen) atoms. The van der Waals surface area contributed by atoms with Gasteiger partial charge in [0.05, 0.1) is 12.5 Å². The van der Waals surface area contributed by atoms with E-state index >= 15 is 0 Å². The first kappa shape index (κ1) is 20.5. The first-order valence-corrected chi connectivity index (χ1v) is 9.19. The Labute approximate surface area is 160 Å². The first-order chi connectivity index (χ1) is 12.2. The predicted molar refractivity (Wildman–Crippen MR) is 103 cm³/mol. The van der Waals surface area contributed by atoms with Crippen LogP contribution in [0, 0.1) is 0 Å². The van der Waals surface area contributed by atoms with E-state index in [9.17, 15) is 9.59 Å². The Balaban J connectivity index is 0.00000243. The Kier molecular flexibility index (Phi) is 7.72. The molecule has 144 valence electrons. The Bertz CT molecular complexity index is 626. The van der Waals surface area contributed by atoms with Crippen molar-refractivity contribution in [3.63, 3.8) is 0 Å². The number of ether oxygens (including phenoxy) is 1. The third-order valence-electron chi connectivity index (χ3n) is 5.07. The van der Waals surface area contributed by atoms with Crippen LogP contribution in [-0.4, -0.2) is 49.0 Å². The molecule has 0 spiro atoms. The average molecular weight is 382 g/mol. The molecule has 0 aromatic heterocycles. The number of fused-ring (bicyclic) bond motifs is 1. The van der Waals surface area contributed by atoms with Gasteiger partial charge in [0.15, 0.2) is 0 Å². The molecule has 0 aliphatic carbocycles. The number of nitrogens with zero attached hydrogens (tertiary/aromatic N) is 1. The number of rotatable bonds is 5. The molecule has 1 fully saturated rings. The van der Waals surface area contributed by atoms with E-state index < -0.39 is 0 Å². The van der Waals surface area contributed by atoms with Crippen LogP contribution in [0.3, 0.4) is 0 Å². The van der Waals surface area contributed by atoms with Crippen molar-refractivity contribution in [2.75, 3.05) is 26.2 Å². The molecule has 2 aliphatic heterocycles. The first-order valence-electron chi connectivity index (χ1n) is 9.19. The maximum Gasteiger partial charge on any atom is 0.230 e. The van der Waals surface area contributed by atoms with Gasteiger partial charge in [-0.3, -0.25) is 9.59 Å². The molecule has 6 nitrogen and oxygen atoms in total. The maximum absolute atomic E-state index is 13.2. The number of hydrogen-bond donors (Lipinski definition) is 2. The number of para-hydroxylation sites is 1. The van der Waals surface area contributed by atoms with Gasteiger partial charge in [-0.1, -0.05) is 18.2 Å². The number of halogens is 1. The van der Waals surface area contributed by atoms with Crippen LogP contribution in [0.4, 0.5) is 0 Å². The fraction of sp³-hybridized carbons (Fsp3) is 0.579. The van der Waals surface area contributed by atoms with Crippen molar-refractivity contribution < 1.29 is 14.3 Å². The third-order valence-corrected chi connectivity index (χ3v) is 5.07. The standard InChI is InChI=1S/C19H27N3O3.ClH/c20-10-8-18(23)21-13-14-5-3-4-11-22(14)19(24)16-9-12-25-17-7-2-1-6-15(16)17;/h1-2,6-7,14,16H,3-5,8-13,20H2,(H,21,23);1H. The van der Waals surface area contributed by atoms with Gasteiger partial charge in [-0.05, 0) is 31.7 Å². The largest absolute Gasteiger partial charge is 0.493 e. The molecule has 2 aliphatic rings. The van der Waals surface area contributed by atoms with E-state index in [-0.39, 0.29) is 36.2 Å². The van der Waals surface area contributed by atoms with Gasteiger partial charge in [0.2, 0.25) is 11.8 Å². The van der Waals surface area contributed by atoms with E-state index in [4.69, 9.17) is 10.5 Å². The molecular formula is C19H28ClN3O3. The second-order valence-corrected chi connectivity index (χ2v) is 6.75. The minimum absolute atomic E-state index is 0. The Hall–Kier alpha value is -1.79. The number of hydrogen-bond acceptors (Lipinski definition) is 4. The number of likely N-dealkylation sites (tertiary alicyclic amines) is 1. The SMILES string of the molecule is Cl.NCCC(=O)NCC1CCCCN1C(=O)C1CCOc2ccccc21. The summed E-state index contributed by atoms with van der Waals surface area (Å²) in [6, 6.07) is 7.86. The Morgan fingerprint density at radius 2 is 2.04 bits per heavy atom. The van der Waals surface area contributed by atoms with Gasteiger partial charge in [-0.25, -0.2) is 0 Å². The molecule has 3 N–H and O–H groups in total. The van der Waals surface area contributed by atoms with Crippen molar-refractivity contribution in [3.05, 3.63) is 29.8 Å². The van der Waals surface area contributed by atoms with Gasteiger partial charge < -0.3 is 20.7 Å². The van der Waals surface area contributed by atoms with Crippen LogP contribution in [0.15, 0.2) is 24.3 Å². The van der Waals surface area contributed by atoms with Crippen LogP contribution in [-0.2, 0) is 9.59 Å². The number of benzene rings is 1. The quantitative estimate of drug-likeness (QED) is 0.814. The van der Waals surface area contributed by atoms with Crippen molar-refractivity contribution in [2.24, 2.45) is 5.73 Å². The van der Waals surface area contributed by atoms with Crippen LogP contribution in [0.2, 0.25) is 0 Å². The third kappa shape index (κ3) is 4.68. The minimum atomic E-state index is -0.148. The summed E-state index contributed by atoms with van der Waals surface area (Å²) in [6.07, 6.45) is 4.07. The summed E-state index contributed by atoms with van der Waals surface area (Å²) >= 11 is 0. The number of piperidine rings is 1. The zero-order chi connectivity index (χ0) is 17.6. The van der Waals surface area contributed by atoms with Crippen molar-refractivity contribution in [2.45, 2.75) is 44.1 Å². The zero-order valence-electron chi connectivity index (χ0n) is 15.0. The van der Waals surface area contributed by atoms with Crippen molar-refractivity contribution in [3.8, 4) is 5.75 Å². The van der Waals surface area contributed by atoms with Gasteiger partial charge in [-0.15, -0.1) is 12.4 Å². The fourth-order valence-corrected chi connectivity index (χ4v) is 3.75. The predicted octanol–water partition coefficient (Wildman–Crippen LogP) is 1.82. The summed E-state index contributed by atoms with van der Waals surface area (Å²) in [5.41, 5.74) is 6.40. The Morgan fingerprint density at radius 1 is 1.23 bits per heavy atom. The molecular weight excluding hydrogens is 354 g/mol. The van der Waals surface area contributed by atoms with Crippen LogP contribution in [0.5, 0.6) is 5.75 Å². The molecule has 1 saturated heterocycles. The molecule has 2 amide bonds. The number of carbonyl (C=O) groups is 2. The molecule has 2 heterocycles. The molecule has 0 radical (unpaired) electrons. The summed E-state index contributed by atoms with van der Waals surface area (Å²) in [7, 11) is 0.